The molecule has 0 saturated carbocycles. The van der Waals surface area contributed by atoms with Crippen molar-refractivity contribution >= 4 is 39.2 Å². The topological polar surface area (TPSA) is 176 Å². The van der Waals surface area contributed by atoms with Crippen molar-refractivity contribution in [2.24, 2.45) is 5.73 Å². The zero-order valence-electron chi connectivity index (χ0n) is 21.9. The van der Waals surface area contributed by atoms with Crippen LogP contribution in [0.25, 0.3) is 0 Å². The van der Waals surface area contributed by atoms with Crippen LogP contribution in [-0.2, 0) is 21.2 Å². The lowest BCUT2D eigenvalue weighted by atomic mass is 10.0. The smallest absolute Gasteiger partial charge is 0.407 e. The van der Waals surface area contributed by atoms with E-state index in [2.05, 4.69) is 20.3 Å². The van der Waals surface area contributed by atoms with Crippen molar-refractivity contribution < 1.29 is 22.7 Å². The Morgan fingerprint density at radius 1 is 1.08 bits per heavy atom. The molecule has 1 unspecified atom stereocenters. The highest BCUT2D eigenvalue weighted by Gasteiger charge is 2.25. The van der Waals surface area contributed by atoms with Gasteiger partial charge in [0.15, 0.2) is 0 Å². The van der Waals surface area contributed by atoms with Crippen LogP contribution in [0, 0.1) is 5.41 Å². The SMILES string of the molecule is CC(C)(C)OC(=O)NCCNC(=O)c1cccc(S(=O)(=O)NC(Cc2cccc(C(=N)N)c2)c2nccs2)c1. The molecule has 6 N–H and O–H groups in total. The minimum Gasteiger partial charge on any atom is -0.444 e. The van der Waals surface area contributed by atoms with Gasteiger partial charge in [-0.15, -0.1) is 11.3 Å². The number of benzene rings is 2. The molecule has 1 atom stereocenters. The molecule has 0 spiro atoms. The molecular formula is C26H32N6O5S2. The lowest BCUT2D eigenvalue weighted by Gasteiger charge is -2.19. The predicted octanol–water partition coefficient (Wildman–Crippen LogP) is 2.94. The molecule has 2 amide bonds. The van der Waals surface area contributed by atoms with E-state index in [1.54, 1.807) is 50.5 Å². The van der Waals surface area contributed by atoms with Crippen molar-refractivity contribution in [3.05, 3.63) is 81.8 Å². The van der Waals surface area contributed by atoms with Crippen LogP contribution in [0.5, 0.6) is 0 Å². The number of nitrogens with zero attached hydrogens (tertiary/aromatic N) is 1. The van der Waals surface area contributed by atoms with Crippen LogP contribution in [0.15, 0.2) is 65.0 Å². The molecule has 0 aliphatic heterocycles. The van der Waals surface area contributed by atoms with E-state index in [0.717, 1.165) is 5.56 Å². The van der Waals surface area contributed by atoms with Crippen LogP contribution in [0.3, 0.4) is 0 Å². The summed E-state index contributed by atoms with van der Waals surface area (Å²) in [6.45, 7) is 5.50. The maximum absolute atomic E-state index is 13.3. The molecule has 208 valence electrons. The van der Waals surface area contributed by atoms with Crippen LogP contribution in [0.2, 0.25) is 0 Å². The Bertz CT molecular complexity index is 1420. The summed E-state index contributed by atoms with van der Waals surface area (Å²) >= 11 is 1.31. The molecule has 13 heteroatoms. The highest BCUT2D eigenvalue weighted by atomic mass is 32.2. The summed E-state index contributed by atoms with van der Waals surface area (Å²) in [7, 11) is -4.05. The van der Waals surface area contributed by atoms with Crippen LogP contribution >= 0.6 is 11.3 Å². The zero-order valence-corrected chi connectivity index (χ0v) is 23.5. The Labute approximate surface area is 231 Å². The van der Waals surface area contributed by atoms with E-state index >= 15 is 0 Å². The number of sulfonamides is 1. The van der Waals surface area contributed by atoms with Gasteiger partial charge < -0.3 is 21.1 Å². The molecule has 3 aromatic rings. The van der Waals surface area contributed by atoms with Crippen molar-refractivity contribution in [2.75, 3.05) is 13.1 Å². The number of carbonyl (C=O) groups excluding carboxylic acids is 2. The maximum Gasteiger partial charge on any atom is 0.407 e. The molecule has 11 nitrogen and oxygen atoms in total. The average molecular weight is 573 g/mol. The fourth-order valence-electron chi connectivity index (χ4n) is 3.50. The second kappa shape index (κ2) is 12.8. The normalized spacial score (nSPS) is 12.4. The standard InChI is InChI=1S/C26H32N6O5S2/c1-26(2,3)37-25(34)31-11-10-29-23(33)19-8-5-9-20(16-19)39(35,36)32-21(24-30-12-13-38-24)15-17-6-4-7-18(14-17)22(27)28/h4-9,12-14,16,21,32H,10-11,15H2,1-3H3,(H3,27,28)(H,29,33)(H,31,34). The van der Waals surface area contributed by atoms with Gasteiger partial charge in [0.1, 0.15) is 16.4 Å². The summed E-state index contributed by atoms with van der Waals surface area (Å²) in [5.74, 6) is -0.575. The van der Waals surface area contributed by atoms with Gasteiger partial charge in [-0.3, -0.25) is 10.2 Å². The maximum atomic E-state index is 13.3. The van der Waals surface area contributed by atoms with Gasteiger partial charge >= 0.3 is 6.09 Å². The third kappa shape index (κ3) is 9.16. The molecule has 0 bridgehead atoms. The van der Waals surface area contributed by atoms with Crippen molar-refractivity contribution in [3.8, 4) is 0 Å². The summed E-state index contributed by atoms with van der Waals surface area (Å²) in [6, 6.07) is 12.0. The van der Waals surface area contributed by atoms with Gasteiger partial charge in [-0.1, -0.05) is 24.3 Å². The number of nitrogens with one attached hydrogen (secondary N) is 4. The molecule has 1 heterocycles. The third-order valence-corrected chi connectivity index (χ3v) is 7.57. The summed E-state index contributed by atoms with van der Waals surface area (Å²) in [6.07, 6.45) is 1.27. The quantitative estimate of drug-likeness (QED) is 0.133. The van der Waals surface area contributed by atoms with Gasteiger partial charge in [0.2, 0.25) is 10.0 Å². The molecule has 3 rings (SSSR count). The summed E-state index contributed by atoms with van der Waals surface area (Å²) in [5.41, 5.74) is 6.43. The summed E-state index contributed by atoms with van der Waals surface area (Å²) < 4.78 is 34.5. The number of carbonyl (C=O) groups is 2. The molecule has 0 aliphatic carbocycles. The van der Waals surface area contributed by atoms with Crippen LogP contribution in [0.1, 0.15) is 53.3 Å². The number of nitrogens with two attached hydrogens (primary N) is 1. The second-order valence-electron chi connectivity index (χ2n) is 9.57. The molecule has 2 aromatic carbocycles. The molecule has 0 saturated heterocycles. The minimum atomic E-state index is -4.05. The van der Waals surface area contributed by atoms with E-state index in [0.29, 0.717) is 10.6 Å². The Kier molecular flexibility index (Phi) is 9.78. The number of rotatable bonds is 11. The van der Waals surface area contributed by atoms with E-state index in [1.807, 2.05) is 6.07 Å². The third-order valence-electron chi connectivity index (χ3n) is 5.21. The van der Waals surface area contributed by atoms with Crippen LogP contribution < -0.4 is 21.1 Å². The van der Waals surface area contributed by atoms with E-state index in [4.69, 9.17) is 15.9 Å². The Morgan fingerprint density at radius 2 is 1.77 bits per heavy atom. The average Bonchev–Trinajstić information content (AvgIpc) is 3.40. The highest BCUT2D eigenvalue weighted by molar-refractivity contribution is 7.89. The van der Waals surface area contributed by atoms with E-state index in [1.165, 1.54) is 35.6 Å². The largest absolute Gasteiger partial charge is 0.444 e. The van der Waals surface area contributed by atoms with Crippen LogP contribution in [-0.4, -0.2) is 49.9 Å². The highest BCUT2D eigenvalue weighted by Crippen LogP contribution is 2.24. The van der Waals surface area contributed by atoms with E-state index in [9.17, 15) is 18.0 Å². The Hall–Kier alpha value is -3.81. The van der Waals surface area contributed by atoms with Gasteiger partial charge in [-0.2, -0.15) is 0 Å². The van der Waals surface area contributed by atoms with Crippen LogP contribution in [0.4, 0.5) is 4.79 Å². The van der Waals surface area contributed by atoms with Crippen molar-refractivity contribution in [2.45, 2.75) is 43.7 Å². The first-order valence-corrected chi connectivity index (χ1v) is 14.4. The van der Waals surface area contributed by atoms with Gasteiger partial charge in [-0.25, -0.2) is 22.9 Å². The first-order chi connectivity index (χ1) is 18.3. The molecular weight excluding hydrogens is 540 g/mol. The van der Waals surface area contributed by atoms with E-state index in [-0.39, 0.29) is 35.8 Å². The van der Waals surface area contributed by atoms with Gasteiger partial charge in [-0.05, 0) is 57.0 Å². The zero-order chi connectivity index (χ0) is 28.6. The minimum absolute atomic E-state index is 0.0823. The van der Waals surface area contributed by atoms with Gasteiger partial charge in [0.05, 0.1) is 10.9 Å². The first-order valence-electron chi connectivity index (χ1n) is 12.0. The number of hydrogen-bond donors (Lipinski definition) is 5. The monoisotopic (exact) mass is 572 g/mol. The summed E-state index contributed by atoms with van der Waals surface area (Å²) in [4.78, 5) is 28.6. The predicted molar refractivity (Wildman–Crippen MR) is 149 cm³/mol. The molecule has 0 aliphatic rings. The second-order valence-corrected chi connectivity index (χ2v) is 12.2. The molecule has 0 radical (unpaired) electrons. The number of alkyl carbamates (subject to hydrolysis) is 1. The molecule has 0 fully saturated rings. The number of amidine groups is 1. The lowest BCUT2D eigenvalue weighted by Crippen LogP contribution is -2.37. The number of amides is 2. The van der Waals surface area contributed by atoms with Crippen molar-refractivity contribution in [3.63, 3.8) is 0 Å². The number of hydrogen-bond acceptors (Lipinski definition) is 8. The number of ether oxygens (including phenoxy) is 1. The number of aromatic nitrogens is 1. The van der Waals surface area contributed by atoms with Gasteiger partial charge in [0.25, 0.3) is 5.91 Å². The fourth-order valence-corrected chi connectivity index (χ4v) is 5.51. The first kappa shape index (κ1) is 29.7. The van der Waals surface area contributed by atoms with Gasteiger partial charge in [0, 0.05) is 35.8 Å². The fraction of sp³-hybridized carbons (Fsp3) is 0.308. The Balaban J connectivity index is 1.69. The van der Waals surface area contributed by atoms with Crippen molar-refractivity contribution in [1.29, 1.82) is 5.41 Å². The number of nitrogen functional groups attached to an aromatic ring is 1. The molecule has 39 heavy (non-hydrogen) atoms. The lowest BCUT2D eigenvalue weighted by molar-refractivity contribution is 0.0526. The molecule has 1 aromatic heterocycles. The summed E-state index contributed by atoms with van der Waals surface area (Å²) in [5, 5.41) is 15.2. The Morgan fingerprint density at radius 3 is 2.44 bits per heavy atom. The number of thiazole rings is 1. The van der Waals surface area contributed by atoms with E-state index < -0.39 is 33.7 Å². The van der Waals surface area contributed by atoms with Crippen molar-refractivity contribution in [1.82, 2.24) is 20.3 Å².